The number of amides is 1. The fourth-order valence-electron chi connectivity index (χ4n) is 11.1. The minimum atomic E-state index is -0.106. The number of nitrogens with zero attached hydrogens (tertiary/aromatic N) is 5. The molecule has 1 amide bonds. The van der Waals surface area contributed by atoms with E-state index < -0.39 is 0 Å². The van der Waals surface area contributed by atoms with Crippen LogP contribution in [0, 0.1) is 0 Å². The van der Waals surface area contributed by atoms with Crippen LogP contribution in [0.4, 0.5) is 11.4 Å². The van der Waals surface area contributed by atoms with E-state index in [2.05, 4.69) is 147 Å². The fourth-order valence-corrected chi connectivity index (χ4v) is 11.1. The molecule has 2 aliphatic heterocycles. The standard InChI is InChI=1S/C59H101N8O/c1-9-13-42-63(43-24-16-14-15-17-25-44-64(45-28-39-60)46-29-40-61)47-30-41-62-57(68)38-19-18-26-48-65-53-34-22-20-32-51(53)58(5,6)55(65)36-27-37-56-59(7,8)52-33-21-23-35-54(52)66(56)49-31-50-67(10-2,11-3)12-4/h20-23,27,32-37H,9-19,24-26,28-31,38-50,60-61H2,1-8H3/q+1/p+1. The summed E-state index contributed by atoms with van der Waals surface area (Å²) in [6.45, 7) is 34.7. The second-order valence-corrected chi connectivity index (χ2v) is 21.2. The Morgan fingerprint density at radius 2 is 1.22 bits per heavy atom. The van der Waals surface area contributed by atoms with Crippen LogP contribution in [0.1, 0.15) is 169 Å². The highest BCUT2D eigenvalue weighted by atomic mass is 16.1. The topological polar surface area (TPSA) is 93.9 Å². The molecule has 0 bridgehead atoms. The maximum atomic E-state index is 13.0. The molecule has 68 heavy (non-hydrogen) atoms. The molecule has 0 fully saturated rings. The second-order valence-electron chi connectivity index (χ2n) is 21.2. The summed E-state index contributed by atoms with van der Waals surface area (Å²) in [6, 6.07) is 18.0. The first-order chi connectivity index (χ1) is 32.9. The predicted octanol–water partition coefficient (Wildman–Crippen LogP) is 11.1. The van der Waals surface area contributed by atoms with Crippen LogP contribution in [-0.4, -0.2) is 129 Å². The van der Waals surface area contributed by atoms with Crippen LogP contribution >= 0.6 is 0 Å². The van der Waals surface area contributed by atoms with Crippen molar-refractivity contribution in [2.24, 2.45) is 11.5 Å². The van der Waals surface area contributed by atoms with Crippen molar-refractivity contribution in [3.05, 3.63) is 83.6 Å². The fraction of sp³-hybridized carbons (Fsp3) is 0.695. The molecule has 0 radical (unpaired) electrons. The first kappa shape index (κ1) is 57.2. The zero-order valence-corrected chi connectivity index (χ0v) is 45.1. The molecule has 0 saturated heterocycles. The average Bonchev–Trinajstić information content (AvgIpc) is 3.69. The Bertz CT molecular complexity index is 1830. The number of unbranched alkanes of at least 4 members (excludes halogenated alkanes) is 8. The van der Waals surface area contributed by atoms with Gasteiger partial charge < -0.3 is 36.0 Å². The van der Waals surface area contributed by atoms with Gasteiger partial charge in [-0.2, -0.15) is 4.58 Å². The van der Waals surface area contributed by atoms with E-state index in [0.717, 1.165) is 90.9 Å². The number of allylic oxidation sites excluding steroid dienone is 4. The molecule has 4 rings (SSSR count). The highest BCUT2D eigenvalue weighted by Crippen LogP contribution is 2.48. The summed E-state index contributed by atoms with van der Waals surface area (Å²) < 4.78 is 3.80. The summed E-state index contributed by atoms with van der Waals surface area (Å²) in [5.74, 6) is 0.202. The highest BCUT2D eigenvalue weighted by Gasteiger charge is 2.44. The number of benzene rings is 2. The van der Waals surface area contributed by atoms with Gasteiger partial charge in [0.25, 0.3) is 0 Å². The van der Waals surface area contributed by atoms with E-state index in [1.165, 1.54) is 142 Å². The number of para-hydroxylation sites is 2. The van der Waals surface area contributed by atoms with Crippen LogP contribution in [0.15, 0.2) is 72.5 Å². The van der Waals surface area contributed by atoms with Crippen molar-refractivity contribution in [2.75, 3.05) is 103 Å². The number of fused-ring (bicyclic) bond motifs is 2. The van der Waals surface area contributed by atoms with E-state index in [4.69, 9.17) is 11.5 Å². The summed E-state index contributed by atoms with van der Waals surface area (Å²) in [4.78, 5) is 20.7. The van der Waals surface area contributed by atoms with Crippen molar-refractivity contribution in [2.45, 2.75) is 169 Å². The predicted molar refractivity (Wildman–Crippen MR) is 294 cm³/mol. The number of nitrogens with two attached hydrogens (primary N) is 2. The van der Waals surface area contributed by atoms with E-state index in [9.17, 15) is 4.79 Å². The molecular weight excluding hydrogens is 837 g/mol. The van der Waals surface area contributed by atoms with Gasteiger partial charge in [0.1, 0.15) is 0 Å². The Morgan fingerprint density at radius 1 is 0.662 bits per heavy atom. The lowest BCUT2D eigenvalue weighted by Crippen LogP contribution is -2.48. The van der Waals surface area contributed by atoms with Crippen molar-refractivity contribution in [1.82, 2.24) is 15.1 Å². The Morgan fingerprint density at radius 3 is 1.85 bits per heavy atom. The van der Waals surface area contributed by atoms with Gasteiger partial charge in [-0.25, -0.2) is 0 Å². The van der Waals surface area contributed by atoms with Crippen LogP contribution in [0.2, 0.25) is 0 Å². The van der Waals surface area contributed by atoms with Crippen LogP contribution in [0.5, 0.6) is 0 Å². The zero-order chi connectivity index (χ0) is 49.3. The van der Waals surface area contributed by atoms with E-state index in [0.29, 0.717) is 6.42 Å². The zero-order valence-electron chi connectivity index (χ0n) is 45.1. The molecule has 5 N–H and O–H groups in total. The van der Waals surface area contributed by atoms with Crippen LogP contribution in [0.25, 0.3) is 0 Å². The monoisotopic (exact) mass is 939 g/mol. The number of carbonyl (C=O) groups is 1. The number of carbonyl (C=O) groups excluding carboxylic acids is 1. The molecule has 0 atom stereocenters. The van der Waals surface area contributed by atoms with Crippen molar-refractivity contribution in [3.8, 4) is 0 Å². The molecule has 0 aliphatic carbocycles. The third-order valence-corrected chi connectivity index (χ3v) is 15.8. The largest absolute Gasteiger partial charge is 0.356 e. The molecular formula is C59H102N8O+2. The number of hydrogen-bond acceptors (Lipinski definition) is 6. The van der Waals surface area contributed by atoms with Gasteiger partial charge in [-0.05, 0) is 156 Å². The maximum Gasteiger partial charge on any atom is 0.219 e. The first-order valence-electron chi connectivity index (χ1n) is 27.9. The van der Waals surface area contributed by atoms with Crippen LogP contribution < -0.4 is 21.7 Å². The summed E-state index contributed by atoms with van der Waals surface area (Å²) in [5.41, 5.74) is 19.6. The van der Waals surface area contributed by atoms with Gasteiger partial charge in [-0.3, -0.25) is 4.79 Å². The molecule has 2 aliphatic rings. The molecule has 2 aromatic rings. The van der Waals surface area contributed by atoms with Gasteiger partial charge in [0, 0.05) is 54.0 Å². The summed E-state index contributed by atoms with van der Waals surface area (Å²) >= 11 is 0. The van der Waals surface area contributed by atoms with Gasteiger partial charge in [0.05, 0.1) is 38.0 Å². The lowest BCUT2D eigenvalue weighted by molar-refractivity contribution is -0.924. The molecule has 9 heteroatoms. The Balaban J connectivity index is 1.24. The van der Waals surface area contributed by atoms with Crippen molar-refractivity contribution >= 4 is 23.0 Å². The minimum absolute atomic E-state index is 0.0771. The minimum Gasteiger partial charge on any atom is -0.356 e. The van der Waals surface area contributed by atoms with E-state index in [1.807, 2.05) is 0 Å². The quantitative estimate of drug-likeness (QED) is 0.0355. The number of rotatable bonds is 37. The van der Waals surface area contributed by atoms with Crippen molar-refractivity contribution in [3.63, 3.8) is 0 Å². The third kappa shape index (κ3) is 16.9. The number of quaternary nitrogens is 1. The third-order valence-electron chi connectivity index (χ3n) is 15.8. The van der Waals surface area contributed by atoms with Gasteiger partial charge in [-0.15, -0.1) is 0 Å². The van der Waals surface area contributed by atoms with Gasteiger partial charge in [0.2, 0.25) is 11.6 Å². The second kappa shape index (κ2) is 30.4. The van der Waals surface area contributed by atoms with E-state index in [1.54, 1.807) is 0 Å². The molecule has 9 nitrogen and oxygen atoms in total. The van der Waals surface area contributed by atoms with Gasteiger partial charge >= 0.3 is 0 Å². The molecule has 0 aromatic heterocycles. The Labute approximate surface area is 417 Å². The van der Waals surface area contributed by atoms with E-state index >= 15 is 0 Å². The first-order valence-corrected chi connectivity index (χ1v) is 27.9. The number of hydrogen-bond donors (Lipinski definition) is 3. The molecule has 382 valence electrons. The molecule has 0 unspecified atom stereocenters. The lowest BCUT2D eigenvalue weighted by Gasteiger charge is -2.35. The van der Waals surface area contributed by atoms with Crippen LogP contribution in [0.3, 0.4) is 0 Å². The molecule has 0 spiro atoms. The van der Waals surface area contributed by atoms with Crippen molar-refractivity contribution < 1.29 is 13.9 Å². The van der Waals surface area contributed by atoms with Gasteiger partial charge in [-0.1, -0.05) is 102 Å². The summed E-state index contributed by atoms with van der Waals surface area (Å²) in [6.07, 6.45) is 25.4. The average molecular weight is 940 g/mol. The molecule has 0 saturated carbocycles. The van der Waals surface area contributed by atoms with Crippen molar-refractivity contribution in [1.29, 1.82) is 0 Å². The summed E-state index contributed by atoms with van der Waals surface area (Å²) in [7, 11) is 0. The lowest BCUT2D eigenvalue weighted by atomic mass is 9.81. The number of nitrogens with one attached hydrogen (secondary N) is 1. The Kier molecular flexibility index (Phi) is 25.6. The number of anilines is 1. The Hall–Kier alpha value is -3.34. The van der Waals surface area contributed by atoms with E-state index in [-0.39, 0.29) is 16.7 Å². The highest BCUT2D eigenvalue weighted by molar-refractivity contribution is 6.03. The van der Waals surface area contributed by atoms with Gasteiger partial charge in [0.15, 0.2) is 12.3 Å². The normalized spacial score (nSPS) is 16.0. The molecule has 2 heterocycles. The molecule has 2 aromatic carbocycles. The smallest absolute Gasteiger partial charge is 0.219 e. The van der Waals surface area contributed by atoms with Crippen LogP contribution in [-0.2, 0) is 15.6 Å². The summed E-state index contributed by atoms with van der Waals surface area (Å²) in [5, 5.41) is 3.25. The SMILES string of the molecule is CCCCN(CCCCCCCCN(CCCN)CCCN)CCCNC(=O)CCCCCN1/C(=C/C=C/C2=[N+](CCC[N+](CC)(CC)CC)c3ccccc3C2(C)C)C(C)(C)c2ccccc21. The maximum absolute atomic E-state index is 13.0.